The summed E-state index contributed by atoms with van der Waals surface area (Å²) in [6.45, 7) is 6.02. The predicted molar refractivity (Wildman–Crippen MR) is 110 cm³/mol. The van der Waals surface area contributed by atoms with Crippen LogP contribution in [-0.4, -0.2) is 26.8 Å². The first-order valence-electron chi connectivity index (χ1n) is 8.91. The zero-order valence-corrected chi connectivity index (χ0v) is 17.0. The van der Waals surface area contributed by atoms with E-state index < -0.39 is 4.92 Å². The van der Waals surface area contributed by atoms with Gasteiger partial charge in [0, 0.05) is 17.7 Å². The summed E-state index contributed by atoms with van der Waals surface area (Å²) in [5, 5.41) is 21.8. The maximum absolute atomic E-state index is 12.3. The number of nitro benzene ring substituents is 1. The highest BCUT2D eigenvalue weighted by atomic mass is 32.2. The summed E-state index contributed by atoms with van der Waals surface area (Å²) in [7, 11) is 0. The highest BCUT2D eigenvalue weighted by Crippen LogP contribution is 2.26. The van der Waals surface area contributed by atoms with Crippen LogP contribution in [0.3, 0.4) is 0 Å². The quantitative estimate of drug-likeness (QED) is 0.351. The molecule has 3 aromatic rings. The predicted octanol–water partition coefficient (Wildman–Crippen LogP) is 4.23. The van der Waals surface area contributed by atoms with Crippen molar-refractivity contribution in [1.82, 2.24) is 15.5 Å². The van der Waals surface area contributed by atoms with Crippen LogP contribution in [0.1, 0.15) is 29.7 Å². The number of thioether (sulfide) groups is 1. The zero-order chi connectivity index (χ0) is 21.0. The average molecular weight is 412 g/mol. The molecule has 9 heteroatoms. The number of non-ortho nitro benzene ring substituents is 1. The normalized spacial score (nSPS) is 11.8. The van der Waals surface area contributed by atoms with Crippen molar-refractivity contribution in [2.75, 3.05) is 5.75 Å². The molecule has 1 heterocycles. The van der Waals surface area contributed by atoms with Gasteiger partial charge in [0.1, 0.15) is 0 Å². The van der Waals surface area contributed by atoms with Gasteiger partial charge >= 0.3 is 0 Å². The Balaban J connectivity index is 1.57. The minimum absolute atomic E-state index is 0.0605. The lowest BCUT2D eigenvalue weighted by molar-refractivity contribution is -0.384. The molecular weight excluding hydrogens is 392 g/mol. The Hall–Kier alpha value is -3.20. The Labute approximate surface area is 171 Å². The molecule has 0 bridgehead atoms. The van der Waals surface area contributed by atoms with Gasteiger partial charge in [-0.05, 0) is 43.5 Å². The molecule has 3 rings (SSSR count). The van der Waals surface area contributed by atoms with Crippen molar-refractivity contribution in [3.05, 3.63) is 69.3 Å². The highest BCUT2D eigenvalue weighted by Gasteiger charge is 2.15. The molecule has 8 nitrogen and oxygen atoms in total. The number of aromatic nitrogens is 2. The number of carbonyl (C=O) groups excluding carboxylic acids is 1. The van der Waals surface area contributed by atoms with E-state index in [4.69, 9.17) is 4.42 Å². The molecule has 1 N–H and O–H groups in total. The van der Waals surface area contributed by atoms with Crippen LogP contribution in [0.4, 0.5) is 5.69 Å². The highest BCUT2D eigenvalue weighted by molar-refractivity contribution is 7.99. The van der Waals surface area contributed by atoms with Gasteiger partial charge < -0.3 is 9.73 Å². The van der Waals surface area contributed by atoms with Gasteiger partial charge in [0.25, 0.3) is 10.9 Å². The summed E-state index contributed by atoms with van der Waals surface area (Å²) < 4.78 is 5.51. The van der Waals surface area contributed by atoms with Gasteiger partial charge in [-0.1, -0.05) is 36.0 Å². The van der Waals surface area contributed by atoms with E-state index >= 15 is 0 Å². The first kappa shape index (κ1) is 20.5. The molecule has 1 aromatic heterocycles. The summed E-state index contributed by atoms with van der Waals surface area (Å²) in [5.41, 5.74) is 3.81. The number of rotatable bonds is 7. The lowest BCUT2D eigenvalue weighted by Crippen LogP contribution is -2.28. The molecule has 0 radical (unpaired) electrons. The van der Waals surface area contributed by atoms with Gasteiger partial charge in [-0.25, -0.2) is 0 Å². The van der Waals surface area contributed by atoms with E-state index in [1.807, 2.05) is 32.9 Å². The van der Waals surface area contributed by atoms with Gasteiger partial charge in [0.15, 0.2) is 0 Å². The zero-order valence-electron chi connectivity index (χ0n) is 16.2. The number of hydrogen-bond donors (Lipinski definition) is 1. The number of nitrogens with one attached hydrogen (secondary N) is 1. The number of benzene rings is 2. The van der Waals surface area contributed by atoms with Crippen LogP contribution in [-0.2, 0) is 4.79 Å². The van der Waals surface area contributed by atoms with Gasteiger partial charge in [-0.15, -0.1) is 10.2 Å². The monoisotopic (exact) mass is 412 g/mol. The standard InChI is InChI=1S/C20H20N4O4S/c1-12-7-8-15(9-13(12)2)14(3)21-18(25)11-29-20-23-22-19(28-20)16-5-4-6-17(10-16)24(26)27/h4-10,14H,11H2,1-3H3,(H,21,25)/t14-/m0/s1. The molecule has 0 unspecified atom stereocenters. The van der Waals surface area contributed by atoms with E-state index in [9.17, 15) is 14.9 Å². The van der Waals surface area contributed by atoms with Crippen molar-refractivity contribution in [3.8, 4) is 11.5 Å². The van der Waals surface area contributed by atoms with Crippen LogP contribution < -0.4 is 5.32 Å². The molecule has 0 spiro atoms. The van der Waals surface area contributed by atoms with Crippen LogP contribution >= 0.6 is 11.8 Å². The summed E-state index contributed by atoms with van der Waals surface area (Å²) >= 11 is 1.11. The fraction of sp³-hybridized carbons (Fsp3) is 0.250. The molecule has 0 aliphatic rings. The van der Waals surface area contributed by atoms with Crippen molar-refractivity contribution < 1.29 is 14.1 Å². The first-order valence-corrected chi connectivity index (χ1v) is 9.89. The van der Waals surface area contributed by atoms with Crippen LogP contribution in [0.2, 0.25) is 0 Å². The Kier molecular flexibility index (Phi) is 6.28. The molecule has 2 aromatic carbocycles. The van der Waals surface area contributed by atoms with Gasteiger partial charge in [-0.3, -0.25) is 14.9 Å². The molecule has 1 atom stereocenters. The van der Waals surface area contributed by atoms with Gasteiger partial charge in [0.05, 0.1) is 16.7 Å². The molecular formula is C20H20N4O4S. The van der Waals surface area contributed by atoms with Gasteiger partial charge in [-0.2, -0.15) is 0 Å². The lowest BCUT2D eigenvalue weighted by Gasteiger charge is -2.15. The minimum atomic E-state index is -0.490. The molecule has 0 saturated carbocycles. The van der Waals surface area contributed by atoms with E-state index in [-0.39, 0.29) is 34.5 Å². The Morgan fingerprint density at radius 3 is 2.72 bits per heavy atom. The Morgan fingerprint density at radius 1 is 1.21 bits per heavy atom. The summed E-state index contributed by atoms with van der Waals surface area (Å²) in [6, 6.07) is 11.9. The first-order chi connectivity index (χ1) is 13.8. The number of aryl methyl sites for hydroxylation is 2. The smallest absolute Gasteiger partial charge is 0.277 e. The minimum Gasteiger partial charge on any atom is -0.411 e. The summed E-state index contributed by atoms with van der Waals surface area (Å²) in [5.74, 6) is 0.127. The molecule has 0 fully saturated rings. The molecule has 0 aliphatic carbocycles. The van der Waals surface area contributed by atoms with E-state index in [2.05, 4.69) is 21.6 Å². The fourth-order valence-corrected chi connectivity index (χ4v) is 3.24. The van der Waals surface area contributed by atoms with E-state index in [1.54, 1.807) is 12.1 Å². The third kappa shape index (κ3) is 5.20. The number of nitro groups is 1. The molecule has 29 heavy (non-hydrogen) atoms. The molecule has 0 aliphatic heterocycles. The van der Waals surface area contributed by atoms with Crippen molar-refractivity contribution in [2.24, 2.45) is 0 Å². The fourth-order valence-electron chi connectivity index (χ4n) is 2.66. The molecule has 0 saturated heterocycles. The Morgan fingerprint density at radius 2 is 2.00 bits per heavy atom. The summed E-state index contributed by atoms with van der Waals surface area (Å²) in [4.78, 5) is 22.6. The van der Waals surface area contributed by atoms with E-state index in [0.717, 1.165) is 17.3 Å². The average Bonchev–Trinajstić information content (AvgIpc) is 3.17. The Bertz CT molecular complexity index is 1050. The molecule has 150 valence electrons. The topological polar surface area (TPSA) is 111 Å². The second-order valence-electron chi connectivity index (χ2n) is 6.60. The van der Waals surface area contributed by atoms with Crippen LogP contribution in [0.15, 0.2) is 52.1 Å². The number of nitrogens with zero attached hydrogens (tertiary/aromatic N) is 3. The van der Waals surface area contributed by atoms with Crippen molar-refractivity contribution in [3.63, 3.8) is 0 Å². The lowest BCUT2D eigenvalue weighted by atomic mass is 10.0. The third-order valence-electron chi connectivity index (χ3n) is 4.45. The largest absolute Gasteiger partial charge is 0.411 e. The van der Waals surface area contributed by atoms with E-state index in [0.29, 0.717) is 5.56 Å². The number of amides is 1. The van der Waals surface area contributed by atoms with Crippen molar-refractivity contribution in [2.45, 2.75) is 32.0 Å². The van der Waals surface area contributed by atoms with Gasteiger partial charge in [0.2, 0.25) is 11.8 Å². The van der Waals surface area contributed by atoms with Crippen LogP contribution in [0.25, 0.3) is 11.5 Å². The van der Waals surface area contributed by atoms with Crippen LogP contribution in [0, 0.1) is 24.0 Å². The number of carbonyl (C=O) groups is 1. The second-order valence-corrected chi connectivity index (χ2v) is 7.53. The van der Waals surface area contributed by atoms with Crippen molar-refractivity contribution in [1.29, 1.82) is 0 Å². The van der Waals surface area contributed by atoms with Crippen LogP contribution in [0.5, 0.6) is 0 Å². The van der Waals surface area contributed by atoms with Crippen molar-refractivity contribution >= 4 is 23.4 Å². The third-order valence-corrected chi connectivity index (χ3v) is 5.26. The number of hydrogen-bond acceptors (Lipinski definition) is 7. The maximum atomic E-state index is 12.3. The second kappa shape index (κ2) is 8.87. The maximum Gasteiger partial charge on any atom is 0.277 e. The SMILES string of the molecule is Cc1ccc([C@H](C)NC(=O)CSc2nnc(-c3cccc([N+](=O)[O-])c3)o2)cc1C. The summed E-state index contributed by atoms with van der Waals surface area (Å²) in [6.07, 6.45) is 0. The van der Waals surface area contributed by atoms with E-state index in [1.165, 1.54) is 23.3 Å². The molecule has 1 amide bonds.